The Hall–Kier alpha value is -2.17. The zero-order valence-corrected chi connectivity index (χ0v) is 8.93. The summed E-state index contributed by atoms with van der Waals surface area (Å²) in [7, 11) is 1.26. The molecule has 0 radical (unpaired) electrons. The first-order chi connectivity index (χ1) is 7.67. The Morgan fingerprint density at radius 3 is 2.88 bits per heavy atom. The SMILES string of the molecule is COC(=O)c1nn2cc(C)ccc2c1C=O. The molecule has 0 atom stereocenters. The Morgan fingerprint density at radius 1 is 1.50 bits per heavy atom. The molecular weight excluding hydrogens is 208 g/mol. The molecule has 0 unspecified atom stereocenters. The zero-order valence-electron chi connectivity index (χ0n) is 8.93. The van der Waals surface area contributed by atoms with Crippen LogP contribution < -0.4 is 0 Å². The summed E-state index contributed by atoms with van der Waals surface area (Å²) in [5, 5.41) is 4.03. The monoisotopic (exact) mass is 218 g/mol. The van der Waals surface area contributed by atoms with Gasteiger partial charge in [0, 0.05) is 6.20 Å². The predicted octanol–water partition coefficient (Wildman–Crippen LogP) is 1.24. The molecule has 82 valence electrons. The van der Waals surface area contributed by atoms with E-state index in [1.54, 1.807) is 12.3 Å². The summed E-state index contributed by atoms with van der Waals surface area (Å²) in [5.74, 6) is -0.608. The standard InChI is InChI=1S/C11H10N2O3/c1-7-3-4-9-8(6-14)10(11(15)16-2)12-13(9)5-7/h3-6H,1-2H3. The summed E-state index contributed by atoms with van der Waals surface area (Å²) in [5.41, 5.74) is 1.89. The number of carbonyl (C=O) groups is 2. The lowest BCUT2D eigenvalue weighted by atomic mass is 10.2. The van der Waals surface area contributed by atoms with Crippen molar-refractivity contribution in [3.8, 4) is 0 Å². The molecule has 0 saturated heterocycles. The van der Waals surface area contributed by atoms with Crippen LogP contribution in [0.1, 0.15) is 26.4 Å². The molecule has 0 aromatic carbocycles. The number of aryl methyl sites for hydroxylation is 1. The van der Waals surface area contributed by atoms with Crippen molar-refractivity contribution in [3.63, 3.8) is 0 Å². The Labute approximate surface area is 91.6 Å². The second-order valence-electron chi connectivity index (χ2n) is 3.41. The van der Waals surface area contributed by atoms with Gasteiger partial charge in [-0.1, -0.05) is 6.07 Å². The fourth-order valence-corrected chi connectivity index (χ4v) is 1.53. The second-order valence-corrected chi connectivity index (χ2v) is 3.41. The highest BCUT2D eigenvalue weighted by Gasteiger charge is 2.19. The highest BCUT2D eigenvalue weighted by atomic mass is 16.5. The van der Waals surface area contributed by atoms with Crippen molar-refractivity contribution in [2.24, 2.45) is 0 Å². The van der Waals surface area contributed by atoms with Gasteiger partial charge in [-0.25, -0.2) is 9.31 Å². The van der Waals surface area contributed by atoms with Crippen molar-refractivity contribution in [1.29, 1.82) is 0 Å². The molecule has 2 rings (SSSR count). The number of nitrogens with zero attached hydrogens (tertiary/aromatic N) is 2. The minimum atomic E-state index is -0.608. The van der Waals surface area contributed by atoms with E-state index in [1.807, 2.05) is 13.0 Å². The first-order valence-electron chi connectivity index (χ1n) is 4.70. The zero-order chi connectivity index (χ0) is 11.7. The molecule has 0 amide bonds. The van der Waals surface area contributed by atoms with E-state index in [1.165, 1.54) is 11.6 Å². The van der Waals surface area contributed by atoms with Gasteiger partial charge in [-0.05, 0) is 18.6 Å². The first kappa shape index (κ1) is 10.4. The van der Waals surface area contributed by atoms with Crippen LogP contribution in [-0.4, -0.2) is 29.0 Å². The van der Waals surface area contributed by atoms with Crippen LogP contribution in [0.4, 0.5) is 0 Å². The lowest BCUT2D eigenvalue weighted by molar-refractivity contribution is 0.0591. The average molecular weight is 218 g/mol. The van der Waals surface area contributed by atoms with Crippen LogP contribution in [0.5, 0.6) is 0 Å². The van der Waals surface area contributed by atoms with Crippen LogP contribution in [0.25, 0.3) is 5.52 Å². The lowest BCUT2D eigenvalue weighted by Gasteiger charge is -1.94. The molecular formula is C11H10N2O3. The van der Waals surface area contributed by atoms with Gasteiger partial charge in [0.1, 0.15) is 0 Å². The summed E-state index contributed by atoms with van der Waals surface area (Å²) >= 11 is 0. The number of rotatable bonds is 2. The molecule has 0 aliphatic carbocycles. The summed E-state index contributed by atoms with van der Waals surface area (Å²) < 4.78 is 6.07. The molecule has 0 spiro atoms. The number of methoxy groups -OCH3 is 1. The van der Waals surface area contributed by atoms with Gasteiger partial charge in [0.15, 0.2) is 12.0 Å². The van der Waals surface area contributed by atoms with Crippen LogP contribution in [0.15, 0.2) is 18.3 Å². The smallest absolute Gasteiger partial charge is 0.359 e. The van der Waals surface area contributed by atoms with Crippen LogP contribution in [-0.2, 0) is 4.74 Å². The lowest BCUT2D eigenvalue weighted by Crippen LogP contribution is -2.04. The second kappa shape index (κ2) is 3.77. The molecule has 5 nitrogen and oxygen atoms in total. The largest absolute Gasteiger partial charge is 0.464 e. The van der Waals surface area contributed by atoms with Crippen LogP contribution in [0.3, 0.4) is 0 Å². The van der Waals surface area contributed by atoms with Crippen molar-refractivity contribution in [1.82, 2.24) is 9.61 Å². The highest BCUT2D eigenvalue weighted by Crippen LogP contribution is 2.15. The van der Waals surface area contributed by atoms with Crippen molar-refractivity contribution in [2.75, 3.05) is 7.11 Å². The van der Waals surface area contributed by atoms with Gasteiger partial charge in [-0.15, -0.1) is 0 Å². The van der Waals surface area contributed by atoms with Gasteiger partial charge < -0.3 is 4.74 Å². The van der Waals surface area contributed by atoms with E-state index in [-0.39, 0.29) is 11.3 Å². The van der Waals surface area contributed by atoms with E-state index < -0.39 is 5.97 Å². The Balaban J connectivity index is 2.75. The number of aldehydes is 1. The van der Waals surface area contributed by atoms with Crippen molar-refractivity contribution < 1.29 is 14.3 Å². The Bertz CT molecular complexity index is 572. The third-order valence-electron chi connectivity index (χ3n) is 2.31. The summed E-state index contributed by atoms with van der Waals surface area (Å²) in [4.78, 5) is 22.3. The van der Waals surface area contributed by atoms with Crippen LogP contribution >= 0.6 is 0 Å². The molecule has 0 aliphatic heterocycles. The van der Waals surface area contributed by atoms with Gasteiger partial charge >= 0.3 is 5.97 Å². The van der Waals surface area contributed by atoms with Crippen molar-refractivity contribution in [2.45, 2.75) is 6.92 Å². The highest BCUT2D eigenvalue weighted by molar-refractivity contribution is 6.01. The van der Waals surface area contributed by atoms with Gasteiger partial charge in [-0.3, -0.25) is 4.79 Å². The van der Waals surface area contributed by atoms with Gasteiger partial charge in [-0.2, -0.15) is 5.10 Å². The molecule has 0 aliphatic rings. The topological polar surface area (TPSA) is 60.7 Å². The molecule has 2 aromatic rings. The minimum absolute atomic E-state index is 0.0445. The van der Waals surface area contributed by atoms with Gasteiger partial charge in [0.25, 0.3) is 0 Å². The maximum absolute atomic E-state index is 11.4. The molecule has 16 heavy (non-hydrogen) atoms. The fourth-order valence-electron chi connectivity index (χ4n) is 1.53. The van der Waals surface area contributed by atoms with E-state index in [9.17, 15) is 9.59 Å². The van der Waals surface area contributed by atoms with Gasteiger partial charge in [0.2, 0.25) is 0 Å². The predicted molar refractivity (Wildman–Crippen MR) is 56.7 cm³/mol. The number of carbonyl (C=O) groups excluding carboxylic acids is 2. The molecule has 0 saturated carbocycles. The fraction of sp³-hybridized carbons (Fsp3) is 0.182. The first-order valence-corrected chi connectivity index (χ1v) is 4.70. The molecule has 0 fully saturated rings. The number of aromatic nitrogens is 2. The summed E-state index contributed by atoms with van der Waals surface area (Å²) in [6.45, 7) is 1.90. The number of hydrogen-bond acceptors (Lipinski definition) is 4. The number of fused-ring (bicyclic) bond motifs is 1. The van der Waals surface area contributed by atoms with E-state index in [2.05, 4.69) is 9.84 Å². The summed E-state index contributed by atoms with van der Waals surface area (Å²) in [6.07, 6.45) is 2.36. The molecule has 2 aromatic heterocycles. The quantitative estimate of drug-likeness (QED) is 0.562. The molecule has 0 N–H and O–H groups in total. The normalized spacial score (nSPS) is 10.4. The van der Waals surface area contributed by atoms with Gasteiger partial charge in [0.05, 0.1) is 18.2 Å². The van der Waals surface area contributed by atoms with Crippen LogP contribution in [0, 0.1) is 6.92 Å². The maximum Gasteiger partial charge on any atom is 0.359 e. The Morgan fingerprint density at radius 2 is 2.25 bits per heavy atom. The molecule has 5 heteroatoms. The molecule has 2 heterocycles. The van der Waals surface area contributed by atoms with Crippen LogP contribution in [0.2, 0.25) is 0 Å². The third-order valence-corrected chi connectivity index (χ3v) is 2.31. The number of hydrogen-bond donors (Lipinski definition) is 0. The van der Waals surface area contributed by atoms with E-state index in [0.29, 0.717) is 11.8 Å². The number of pyridine rings is 1. The van der Waals surface area contributed by atoms with E-state index >= 15 is 0 Å². The van der Waals surface area contributed by atoms with E-state index in [4.69, 9.17) is 0 Å². The maximum atomic E-state index is 11.4. The van der Waals surface area contributed by atoms with Crippen molar-refractivity contribution in [3.05, 3.63) is 35.2 Å². The minimum Gasteiger partial charge on any atom is -0.464 e. The van der Waals surface area contributed by atoms with Crippen molar-refractivity contribution >= 4 is 17.8 Å². The van der Waals surface area contributed by atoms with E-state index in [0.717, 1.165) is 5.56 Å². The molecule has 0 bridgehead atoms. The summed E-state index contributed by atoms with van der Waals surface area (Å²) in [6, 6.07) is 3.60. The average Bonchev–Trinajstić information content (AvgIpc) is 2.65. The third kappa shape index (κ3) is 1.46. The Kier molecular flexibility index (Phi) is 2.44. The number of esters is 1. The number of ether oxygens (including phenoxy) is 1.